The van der Waals surface area contributed by atoms with Gasteiger partial charge in [-0.3, -0.25) is 9.69 Å². The summed E-state index contributed by atoms with van der Waals surface area (Å²) in [4.78, 5) is 38.5. The Kier molecular flexibility index (Phi) is 10.3. The highest BCUT2D eigenvalue weighted by Gasteiger charge is 2.39. The van der Waals surface area contributed by atoms with Gasteiger partial charge in [0.2, 0.25) is 17.7 Å². The Morgan fingerprint density at radius 2 is 1.68 bits per heavy atom. The molecule has 0 saturated heterocycles. The van der Waals surface area contributed by atoms with Crippen molar-refractivity contribution in [2.45, 2.75) is 70.4 Å². The van der Waals surface area contributed by atoms with Gasteiger partial charge in [0.05, 0.1) is 48.0 Å². The molecule has 1 aliphatic heterocycles. The topological polar surface area (TPSA) is 147 Å². The summed E-state index contributed by atoms with van der Waals surface area (Å²) in [6.45, 7) is 3.62. The summed E-state index contributed by atoms with van der Waals surface area (Å²) in [5.74, 6) is -2.05. The molecule has 0 aliphatic carbocycles. The van der Waals surface area contributed by atoms with Crippen molar-refractivity contribution >= 4 is 23.7 Å². The maximum Gasteiger partial charge on any atom is 0.416 e. The van der Waals surface area contributed by atoms with Crippen molar-refractivity contribution in [3.8, 4) is 11.8 Å². The molecule has 3 aromatic rings. The molecule has 0 bridgehead atoms. The van der Waals surface area contributed by atoms with Crippen LogP contribution in [0.4, 0.5) is 42.8 Å². The predicted molar refractivity (Wildman–Crippen MR) is 154 cm³/mol. The normalized spacial score (nSPS) is 16.4. The molecular weight excluding hydrogens is 640 g/mol. The third-order valence-corrected chi connectivity index (χ3v) is 7.47. The van der Waals surface area contributed by atoms with Crippen molar-refractivity contribution in [1.82, 2.24) is 15.0 Å². The molecule has 17 heteroatoms. The van der Waals surface area contributed by atoms with Crippen molar-refractivity contribution in [3.63, 3.8) is 0 Å². The minimum atomic E-state index is -5.10. The van der Waals surface area contributed by atoms with Gasteiger partial charge in [-0.2, -0.15) is 31.3 Å². The number of carboxylic acids is 1. The number of rotatable bonds is 10. The number of halogens is 6. The maximum atomic E-state index is 13.6. The first kappa shape index (κ1) is 35.0. The van der Waals surface area contributed by atoms with Crippen LogP contribution in [0.5, 0.6) is 11.8 Å². The van der Waals surface area contributed by atoms with E-state index in [1.54, 1.807) is 19.1 Å². The predicted octanol–water partition coefficient (Wildman–Crippen LogP) is 6.53. The van der Waals surface area contributed by atoms with Crippen molar-refractivity contribution < 1.29 is 55.6 Å². The molecule has 254 valence electrons. The number of hydrogen-bond acceptors (Lipinski definition) is 9. The van der Waals surface area contributed by atoms with Crippen LogP contribution in [0.15, 0.2) is 30.3 Å². The lowest BCUT2D eigenvalue weighted by atomic mass is 9.93. The quantitative estimate of drug-likeness (QED) is 0.203. The molecule has 1 aromatic carbocycles. The number of carbonyl (C=O) groups is 2. The number of amides is 1. The first-order valence-corrected chi connectivity index (χ1v) is 14.4. The molecule has 3 heterocycles. The molecule has 2 aromatic heterocycles. The van der Waals surface area contributed by atoms with Gasteiger partial charge in [-0.1, -0.05) is 6.92 Å². The third kappa shape index (κ3) is 8.13. The number of benzene rings is 1. The fourth-order valence-corrected chi connectivity index (χ4v) is 5.31. The van der Waals surface area contributed by atoms with E-state index in [4.69, 9.17) is 9.47 Å². The number of methoxy groups -OCH3 is 1. The van der Waals surface area contributed by atoms with Crippen molar-refractivity contribution in [2.75, 3.05) is 23.9 Å². The van der Waals surface area contributed by atoms with E-state index in [-0.39, 0.29) is 48.6 Å². The number of carboxylic acid groups (broad SMARTS) is 1. The monoisotopic (exact) mass is 671 g/mol. The summed E-state index contributed by atoms with van der Waals surface area (Å²) in [5.41, 5.74) is -3.17. The van der Waals surface area contributed by atoms with E-state index >= 15 is 0 Å². The summed E-state index contributed by atoms with van der Waals surface area (Å²) < 4.78 is 91.8. The van der Waals surface area contributed by atoms with E-state index in [9.17, 15) is 46.1 Å². The van der Waals surface area contributed by atoms with Gasteiger partial charge in [0.25, 0.3) is 0 Å². The first-order chi connectivity index (χ1) is 22.0. The molecule has 0 fully saturated rings. The fourth-order valence-electron chi connectivity index (χ4n) is 5.31. The molecule has 2 atom stereocenters. The number of alkyl halides is 6. The zero-order chi connectivity index (χ0) is 34.7. The van der Waals surface area contributed by atoms with E-state index in [2.05, 4.69) is 20.3 Å². The smallest absolute Gasteiger partial charge is 0.416 e. The summed E-state index contributed by atoms with van der Waals surface area (Å²) in [6.07, 6.45) is -11.6. The number of aliphatic carboxylic acids is 1. The van der Waals surface area contributed by atoms with E-state index in [0.29, 0.717) is 29.9 Å². The number of fused-ring (bicyclic) bond motifs is 1. The van der Waals surface area contributed by atoms with Crippen LogP contribution in [-0.4, -0.2) is 57.0 Å². The highest BCUT2D eigenvalue weighted by Crippen LogP contribution is 2.41. The summed E-state index contributed by atoms with van der Waals surface area (Å²) in [6, 6.07) is 3.07. The van der Waals surface area contributed by atoms with E-state index in [1.165, 1.54) is 12.0 Å². The number of ether oxygens (including phenoxy) is 2. The fraction of sp³-hybridized carbons (Fsp3) is 0.433. The van der Waals surface area contributed by atoms with Crippen molar-refractivity contribution in [3.05, 3.63) is 64.0 Å². The largest absolute Gasteiger partial charge is 0.493 e. The minimum absolute atomic E-state index is 0.00913. The molecule has 0 radical (unpaired) electrons. The van der Waals surface area contributed by atoms with Gasteiger partial charge < -0.3 is 25.0 Å². The molecule has 1 amide bonds. The van der Waals surface area contributed by atoms with Gasteiger partial charge in [-0.15, -0.1) is 0 Å². The molecule has 3 N–H and O–H groups in total. The minimum Gasteiger partial charge on any atom is -0.493 e. The van der Waals surface area contributed by atoms with Gasteiger partial charge in [0, 0.05) is 30.5 Å². The lowest BCUT2D eigenvalue weighted by Gasteiger charge is -2.39. The number of carbonyl (C=O) groups excluding carboxylic acids is 1. The SMILES string of the molecule is CCOC(=O)N1c2ccc(OC)nc2[C@@H](Nc2nc(O)c(CCC(=O)O)c(Cc3cc(C(F)(F)F)cc(C(F)(F)F)c3)n2)C[C@H]1CC. The number of pyridine rings is 1. The number of aromatic nitrogens is 3. The van der Waals surface area contributed by atoms with Gasteiger partial charge in [0.1, 0.15) is 0 Å². The Labute approximate surface area is 264 Å². The van der Waals surface area contributed by atoms with Crippen LogP contribution < -0.4 is 15.0 Å². The standard InChI is InChI=1S/C30H31F6N5O6/c1-4-18-14-21(25-22(7-8-23(39-25)46-3)41(18)28(45)47-5-2)38-27-37-20(19(26(44)40-27)6-9-24(42)43)12-15-10-16(29(31,32)33)13-17(11-15)30(34,35)36/h7-8,10-11,13,18,21H,4-6,9,12,14H2,1-3H3,(H,42,43)(H2,37,38,40,44)/t18-,21+/m1/s1. The second kappa shape index (κ2) is 13.9. The first-order valence-electron chi connectivity index (χ1n) is 14.4. The average Bonchev–Trinajstić information content (AvgIpc) is 2.99. The van der Waals surface area contributed by atoms with Gasteiger partial charge in [-0.05, 0) is 56.0 Å². The second-order valence-corrected chi connectivity index (χ2v) is 10.6. The van der Waals surface area contributed by atoms with Crippen LogP contribution in [0.3, 0.4) is 0 Å². The van der Waals surface area contributed by atoms with Crippen LogP contribution in [0.1, 0.15) is 72.8 Å². The molecule has 0 unspecified atom stereocenters. The summed E-state index contributed by atoms with van der Waals surface area (Å²) >= 11 is 0. The van der Waals surface area contributed by atoms with E-state index < -0.39 is 71.9 Å². The highest BCUT2D eigenvalue weighted by atomic mass is 19.4. The highest BCUT2D eigenvalue weighted by molar-refractivity contribution is 5.90. The average molecular weight is 672 g/mol. The molecule has 0 spiro atoms. The third-order valence-electron chi connectivity index (χ3n) is 7.47. The number of nitrogens with one attached hydrogen (secondary N) is 1. The molecule has 4 rings (SSSR count). The Hall–Kier alpha value is -4.83. The molecule has 47 heavy (non-hydrogen) atoms. The lowest BCUT2D eigenvalue weighted by Crippen LogP contribution is -2.46. The number of anilines is 2. The molecular formula is C30H31F6N5O6. The van der Waals surface area contributed by atoms with Gasteiger partial charge in [-0.25, -0.2) is 14.8 Å². The molecule has 0 saturated carbocycles. The molecule has 1 aliphatic rings. The second-order valence-electron chi connectivity index (χ2n) is 10.6. The zero-order valence-electron chi connectivity index (χ0n) is 25.4. The van der Waals surface area contributed by atoms with Gasteiger partial charge >= 0.3 is 24.4 Å². The Morgan fingerprint density at radius 3 is 2.23 bits per heavy atom. The lowest BCUT2D eigenvalue weighted by molar-refractivity contribution is -0.143. The zero-order valence-corrected chi connectivity index (χ0v) is 25.4. The van der Waals surface area contributed by atoms with Crippen LogP contribution in [-0.2, 0) is 34.7 Å². The van der Waals surface area contributed by atoms with Crippen LogP contribution in [0.2, 0.25) is 0 Å². The van der Waals surface area contributed by atoms with Crippen LogP contribution in [0, 0.1) is 0 Å². The van der Waals surface area contributed by atoms with Crippen LogP contribution >= 0.6 is 0 Å². The van der Waals surface area contributed by atoms with Crippen LogP contribution in [0.25, 0.3) is 0 Å². The Balaban J connectivity index is 1.80. The number of aromatic hydroxyl groups is 1. The Bertz CT molecular complexity index is 1600. The summed E-state index contributed by atoms with van der Waals surface area (Å²) in [5, 5.41) is 23.1. The van der Waals surface area contributed by atoms with E-state index in [0.717, 1.165) is 0 Å². The Morgan fingerprint density at radius 1 is 1.02 bits per heavy atom. The number of hydrogen-bond donors (Lipinski definition) is 3. The summed E-state index contributed by atoms with van der Waals surface area (Å²) in [7, 11) is 1.39. The van der Waals surface area contributed by atoms with Gasteiger partial charge in [0.15, 0.2) is 0 Å². The maximum absolute atomic E-state index is 13.6. The van der Waals surface area contributed by atoms with Crippen molar-refractivity contribution in [2.24, 2.45) is 0 Å². The van der Waals surface area contributed by atoms with Crippen molar-refractivity contribution in [1.29, 1.82) is 0 Å². The van der Waals surface area contributed by atoms with E-state index in [1.807, 2.05) is 6.92 Å². The molecule has 11 nitrogen and oxygen atoms in total. The number of nitrogens with zero attached hydrogens (tertiary/aromatic N) is 4.